The Morgan fingerprint density at radius 3 is 2.80 bits per heavy atom. The molecule has 0 aliphatic carbocycles. The maximum absolute atomic E-state index is 12.3. The van der Waals surface area contributed by atoms with Crippen LogP contribution in [0.2, 0.25) is 0 Å². The second-order valence-electron chi connectivity index (χ2n) is 4.66. The minimum Gasteiger partial charge on any atom is -0.444 e. The molecule has 7 heteroatoms. The molecule has 0 spiro atoms. The molecule has 20 heavy (non-hydrogen) atoms. The molecule has 0 unspecified atom stereocenters. The average molecular weight is 345 g/mol. The van der Waals surface area contributed by atoms with Crippen LogP contribution in [0, 0.1) is 6.92 Å². The first kappa shape index (κ1) is 15.1. The summed E-state index contributed by atoms with van der Waals surface area (Å²) in [5.41, 5.74) is 0.760. The van der Waals surface area contributed by atoms with Crippen molar-refractivity contribution in [3.8, 4) is 0 Å². The van der Waals surface area contributed by atoms with Crippen molar-refractivity contribution in [1.29, 1.82) is 0 Å². The van der Waals surface area contributed by atoms with Crippen molar-refractivity contribution in [3.05, 3.63) is 22.1 Å². The predicted molar refractivity (Wildman–Crippen MR) is 75.5 cm³/mol. The zero-order valence-electron chi connectivity index (χ0n) is 11.5. The highest BCUT2D eigenvalue weighted by Gasteiger charge is 2.29. The Balaban J connectivity index is 2.00. The standard InChI is InChI=1S/C13H17BrN2O4/c1-9-7-10(14)20-12(9)13(18)16-4-3-15(5-6-19-2)11(17)8-16/h7H,3-6,8H2,1-2H3. The van der Waals surface area contributed by atoms with Gasteiger partial charge in [0.15, 0.2) is 10.4 Å². The first-order valence-corrected chi connectivity index (χ1v) is 7.14. The summed E-state index contributed by atoms with van der Waals surface area (Å²) in [6.45, 7) is 3.98. The first-order chi connectivity index (χ1) is 9.52. The number of methoxy groups -OCH3 is 1. The van der Waals surface area contributed by atoms with Crippen LogP contribution in [-0.2, 0) is 9.53 Å². The predicted octanol–water partition coefficient (Wildman–Crippen LogP) is 1.28. The molecule has 1 aromatic rings. The minimum absolute atomic E-state index is 0.0649. The van der Waals surface area contributed by atoms with Crippen LogP contribution in [0.1, 0.15) is 16.1 Å². The van der Waals surface area contributed by atoms with Crippen LogP contribution in [0.4, 0.5) is 0 Å². The van der Waals surface area contributed by atoms with Gasteiger partial charge in [-0.3, -0.25) is 9.59 Å². The monoisotopic (exact) mass is 344 g/mol. The quantitative estimate of drug-likeness (QED) is 0.825. The number of hydrogen-bond acceptors (Lipinski definition) is 4. The molecule has 1 fully saturated rings. The maximum atomic E-state index is 12.3. The van der Waals surface area contributed by atoms with Crippen LogP contribution in [0.5, 0.6) is 0 Å². The van der Waals surface area contributed by atoms with Gasteiger partial charge in [-0.25, -0.2) is 0 Å². The largest absolute Gasteiger partial charge is 0.444 e. The number of hydrogen-bond donors (Lipinski definition) is 0. The van der Waals surface area contributed by atoms with Gasteiger partial charge < -0.3 is 19.0 Å². The summed E-state index contributed by atoms with van der Waals surface area (Å²) in [4.78, 5) is 27.5. The molecule has 1 saturated heterocycles. The van der Waals surface area contributed by atoms with Gasteiger partial charge in [-0.2, -0.15) is 0 Å². The lowest BCUT2D eigenvalue weighted by Crippen LogP contribution is -2.52. The van der Waals surface area contributed by atoms with Crippen molar-refractivity contribution in [3.63, 3.8) is 0 Å². The second-order valence-corrected chi connectivity index (χ2v) is 5.44. The van der Waals surface area contributed by atoms with Crippen molar-refractivity contribution in [2.75, 3.05) is 39.9 Å². The van der Waals surface area contributed by atoms with Crippen LogP contribution in [-0.4, -0.2) is 61.5 Å². The molecule has 2 amide bonds. The summed E-state index contributed by atoms with van der Waals surface area (Å²) in [5.74, 6) is -0.0205. The fourth-order valence-corrected chi connectivity index (χ4v) is 2.62. The lowest BCUT2D eigenvalue weighted by atomic mass is 10.2. The molecule has 0 aromatic carbocycles. The van der Waals surface area contributed by atoms with Crippen LogP contribution in [0.3, 0.4) is 0 Å². The third kappa shape index (κ3) is 3.21. The van der Waals surface area contributed by atoms with E-state index in [9.17, 15) is 9.59 Å². The summed E-state index contributed by atoms with van der Waals surface area (Å²) in [6.07, 6.45) is 0. The number of amides is 2. The summed E-state index contributed by atoms with van der Waals surface area (Å²) in [6, 6.07) is 1.74. The molecule has 1 aliphatic rings. The second kappa shape index (κ2) is 6.41. The number of halogens is 1. The smallest absolute Gasteiger partial charge is 0.290 e. The number of rotatable bonds is 4. The Labute approximate surface area is 125 Å². The van der Waals surface area contributed by atoms with Crippen LogP contribution in [0.15, 0.2) is 15.2 Å². The molecule has 0 radical (unpaired) electrons. The molecular formula is C13H17BrN2O4. The number of carbonyl (C=O) groups is 2. The highest BCUT2D eigenvalue weighted by atomic mass is 79.9. The molecule has 0 N–H and O–H groups in total. The van der Waals surface area contributed by atoms with E-state index in [2.05, 4.69) is 15.9 Å². The Morgan fingerprint density at radius 2 is 2.25 bits per heavy atom. The van der Waals surface area contributed by atoms with Gasteiger partial charge in [0.1, 0.15) is 6.54 Å². The van der Waals surface area contributed by atoms with E-state index in [1.54, 1.807) is 25.0 Å². The summed E-state index contributed by atoms with van der Waals surface area (Å²) in [7, 11) is 1.60. The third-order valence-corrected chi connectivity index (χ3v) is 3.64. The third-order valence-electron chi connectivity index (χ3n) is 3.25. The topological polar surface area (TPSA) is 63.0 Å². The molecule has 6 nitrogen and oxygen atoms in total. The Morgan fingerprint density at radius 1 is 1.50 bits per heavy atom. The van der Waals surface area contributed by atoms with E-state index in [4.69, 9.17) is 9.15 Å². The molecule has 110 valence electrons. The summed E-state index contributed by atoms with van der Waals surface area (Å²) >= 11 is 3.20. The lowest BCUT2D eigenvalue weighted by molar-refractivity contribution is -0.135. The number of carbonyl (C=O) groups excluding carboxylic acids is 2. The van der Waals surface area contributed by atoms with E-state index in [1.165, 1.54) is 4.90 Å². The molecule has 0 saturated carbocycles. The average Bonchev–Trinajstić information content (AvgIpc) is 2.75. The molecule has 2 heterocycles. The molecule has 1 aliphatic heterocycles. The lowest BCUT2D eigenvalue weighted by Gasteiger charge is -2.33. The Kier molecular flexibility index (Phi) is 4.82. The Hall–Kier alpha value is -1.34. The number of nitrogens with zero attached hydrogens (tertiary/aromatic N) is 2. The first-order valence-electron chi connectivity index (χ1n) is 6.35. The summed E-state index contributed by atoms with van der Waals surface area (Å²) in [5, 5.41) is 0. The van der Waals surface area contributed by atoms with Gasteiger partial charge in [-0.15, -0.1) is 0 Å². The van der Waals surface area contributed by atoms with E-state index in [0.717, 1.165) is 5.56 Å². The highest BCUT2D eigenvalue weighted by Crippen LogP contribution is 2.21. The van der Waals surface area contributed by atoms with Gasteiger partial charge in [0.2, 0.25) is 5.91 Å². The highest BCUT2D eigenvalue weighted by molar-refractivity contribution is 9.10. The maximum Gasteiger partial charge on any atom is 0.290 e. The zero-order chi connectivity index (χ0) is 14.7. The number of aryl methyl sites for hydroxylation is 1. The van der Waals surface area contributed by atoms with Crippen LogP contribution < -0.4 is 0 Å². The summed E-state index contributed by atoms with van der Waals surface area (Å²) < 4.78 is 10.8. The molecule has 2 rings (SSSR count). The van der Waals surface area contributed by atoms with E-state index < -0.39 is 0 Å². The van der Waals surface area contributed by atoms with Gasteiger partial charge >= 0.3 is 0 Å². The van der Waals surface area contributed by atoms with E-state index in [-0.39, 0.29) is 24.1 Å². The normalized spacial score (nSPS) is 15.8. The van der Waals surface area contributed by atoms with Crippen molar-refractivity contribution in [1.82, 2.24) is 9.80 Å². The number of furan rings is 1. The molecular weight excluding hydrogens is 328 g/mol. The van der Waals surface area contributed by atoms with Gasteiger partial charge in [-0.1, -0.05) is 0 Å². The van der Waals surface area contributed by atoms with Crippen LogP contribution in [0.25, 0.3) is 0 Å². The van der Waals surface area contributed by atoms with E-state index >= 15 is 0 Å². The van der Waals surface area contributed by atoms with Crippen LogP contribution >= 0.6 is 15.9 Å². The fraction of sp³-hybridized carbons (Fsp3) is 0.538. The molecule has 1 aromatic heterocycles. The number of ether oxygens (including phenoxy) is 1. The van der Waals surface area contributed by atoms with Crippen molar-refractivity contribution in [2.24, 2.45) is 0 Å². The zero-order valence-corrected chi connectivity index (χ0v) is 13.1. The minimum atomic E-state index is -0.243. The van der Waals surface area contributed by atoms with Gasteiger partial charge in [0.05, 0.1) is 6.61 Å². The van der Waals surface area contributed by atoms with E-state index in [0.29, 0.717) is 30.9 Å². The number of piperazine rings is 1. The van der Waals surface area contributed by atoms with Crippen molar-refractivity contribution in [2.45, 2.75) is 6.92 Å². The Bertz CT molecular complexity index is 514. The molecule has 0 bridgehead atoms. The SMILES string of the molecule is COCCN1CCN(C(=O)c2oc(Br)cc2C)CC1=O. The van der Waals surface area contributed by atoms with Gasteiger partial charge in [0, 0.05) is 32.3 Å². The van der Waals surface area contributed by atoms with E-state index in [1.807, 2.05) is 0 Å². The van der Waals surface area contributed by atoms with Gasteiger partial charge in [0.25, 0.3) is 5.91 Å². The van der Waals surface area contributed by atoms with Gasteiger partial charge in [-0.05, 0) is 28.9 Å². The molecule has 0 atom stereocenters. The van der Waals surface area contributed by atoms with Crippen molar-refractivity contribution < 1.29 is 18.7 Å². The van der Waals surface area contributed by atoms with Crippen molar-refractivity contribution >= 4 is 27.7 Å². The fourth-order valence-electron chi connectivity index (χ4n) is 2.12.